The quantitative estimate of drug-likeness (QED) is 0.604. The predicted molar refractivity (Wildman–Crippen MR) is 99.5 cm³/mol. The minimum atomic E-state index is -0.533. The van der Waals surface area contributed by atoms with Gasteiger partial charge in [-0.2, -0.15) is 11.8 Å². The SMILES string of the molecule is O=C(CN1C(=O)/C(=C/c2cccs2)SC1=S)NC1CSCC1O. The number of carbonyl (C=O) groups excluding carboxylic acids is 2. The van der Waals surface area contributed by atoms with Gasteiger partial charge in [0.05, 0.1) is 17.1 Å². The van der Waals surface area contributed by atoms with Gasteiger partial charge < -0.3 is 10.4 Å². The molecular formula is C14H14N2O3S4. The van der Waals surface area contributed by atoms with Gasteiger partial charge in [-0.1, -0.05) is 30.0 Å². The molecule has 122 valence electrons. The lowest BCUT2D eigenvalue weighted by molar-refractivity contribution is -0.129. The topological polar surface area (TPSA) is 69.6 Å². The third-order valence-corrected chi connectivity index (χ3v) is 6.76. The first-order valence-electron chi connectivity index (χ1n) is 6.88. The molecule has 2 aliphatic rings. The zero-order valence-electron chi connectivity index (χ0n) is 11.9. The third kappa shape index (κ3) is 3.97. The lowest BCUT2D eigenvalue weighted by Gasteiger charge is -2.18. The number of carbonyl (C=O) groups is 2. The summed E-state index contributed by atoms with van der Waals surface area (Å²) < 4.78 is 0.384. The van der Waals surface area contributed by atoms with Crippen molar-refractivity contribution in [3.63, 3.8) is 0 Å². The second-order valence-corrected chi connectivity index (χ2v) is 8.79. The van der Waals surface area contributed by atoms with Crippen molar-refractivity contribution in [3.8, 4) is 0 Å². The molecule has 2 N–H and O–H groups in total. The Labute approximate surface area is 151 Å². The van der Waals surface area contributed by atoms with E-state index in [1.807, 2.05) is 17.5 Å². The molecular weight excluding hydrogens is 372 g/mol. The summed E-state index contributed by atoms with van der Waals surface area (Å²) in [5, 5.41) is 14.4. The number of thiocarbonyl (C=S) groups is 1. The first kappa shape index (κ1) is 17.0. The summed E-state index contributed by atoms with van der Waals surface area (Å²) in [4.78, 5) is 27.3. The van der Waals surface area contributed by atoms with Gasteiger partial charge in [-0.05, 0) is 17.5 Å². The second kappa shape index (κ2) is 7.35. The largest absolute Gasteiger partial charge is 0.390 e. The Kier molecular flexibility index (Phi) is 5.42. The number of hydrogen-bond acceptors (Lipinski definition) is 7. The number of nitrogens with one attached hydrogen (secondary N) is 1. The molecule has 2 fully saturated rings. The van der Waals surface area contributed by atoms with Gasteiger partial charge in [0.25, 0.3) is 5.91 Å². The molecule has 1 aromatic rings. The second-order valence-electron chi connectivity index (χ2n) is 5.06. The summed E-state index contributed by atoms with van der Waals surface area (Å²) in [7, 11) is 0. The summed E-state index contributed by atoms with van der Waals surface area (Å²) >= 11 is 9.55. The van der Waals surface area contributed by atoms with Crippen molar-refractivity contribution in [3.05, 3.63) is 27.3 Å². The Hall–Kier alpha value is -0.870. The van der Waals surface area contributed by atoms with Gasteiger partial charge in [0.2, 0.25) is 5.91 Å². The fourth-order valence-electron chi connectivity index (χ4n) is 2.22. The molecule has 9 heteroatoms. The van der Waals surface area contributed by atoms with Crippen molar-refractivity contribution < 1.29 is 14.7 Å². The van der Waals surface area contributed by atoms with Crippen LogP contribution in [-0.4, -0.2) is 56.3 Å². The summed E-state index contributed by atoms with van der Waals surface area (Å²) in [6.45, 7) is -0.111. The fraction of sp³-hybridized carbons (Fsp3) is 0.357. The normalized spacial score (nSPS) is 26.3. The Morgan fingerprint density at radius 3 is 3.00 bits per heavy atom. The molecule has 23 heavy (non-hydrogen) atoms. The standard InChI is InChI=1S/C14H14N2O3S4/c17-10-7-21-6-9(10)15-12(18)5-16-13(19)11(23-14(16)20)4-8-2-1-3-22-8/h1-4,9-10,17H,5-7H2,(H,15,18)/b11-4-. The molecule has 0 aliphatic carbocycles. The molecule has 2 unspecified atom stereocenters. The van der Waals surface area contributed by atoms with E-state index in [1.54, 1.807) is 17.8 Å². The number of amides is 2. The van der Waals surface area contributed by atoms with Crippen molar-refractivity contribution >= 4 is 69.3 Å². The van der Waals surface area contributed by atoms with E-state index in [1.165, 1.54) is 28.0 Å². The molecule has 0 aromatic carbocycles. The van der Waals surface area contributed by atoms with Crippen LogP contribution in [0.4, 0.5) is 0 Å². The van der Waals surface area contributed by atoms with Gasteiger partial charge in [0.15, 0.2) is 0 Å². The van der Waals surface area contributed by atoms with Crippen LogP contribution in [0.1, 0.15) is 4.88 Å². The number of aliphatic hydroxyl groups is 1. The van der Waals surface area contributed by atoms with Crippen molar-refractivity contribution in [1.29, 1.82) is 0 Å². The van der Waals surface area contributed by atoms with Gasteiger partial charge in [0, 0.05) is 16.4 Å². The zero-order valence-corrected chi connectivity index (χ0v) is 15.2. The first-order valence-corrected chi connectivity index (χ1v) is 10.1. The van der Waals surface area contributed by atoms with E-state index in [0.29, 0.717) is 20.7 Å². The van der Waals surface area contributed by atoms with E-state index in [4.69, 9.17) is 12.2 Å². The molecule has 3 heterocycles. The van der Waals surface area contributed by atoms with Gasteiger partial charge in [-0.3, -0.25) is 14.5 Å². The number of thiophene rings is 1. The number of rotatable bonds is 4. The highest BCUT2D eigenvalue weighted by Crippen LogP contribution is 2.33. The first-order chi connectivity index (χ1) is 11.0. The van der Waals surface area contributed by atoms with Crippen molar-refractivity contribution in [2.45, 2.75) is 12.1 Å². The molecule has 0 bridgehead atoms. The van der Waals surface area contributed by atoms with Crippen LogP contribution < -0.4 is 5.32 Å². The summed E-state index contributed by atoms with van der Waals surface area (Å²) in [6, 6.07) is 3.58. The van der Waals surface area contributed by atoms with Crippen LogP contribution in [-0.2, 0) is 9.59 Å². The molecule has 1 aromatic heterocycles. The number of hydrogen-bond donors (Lipinski definition) is 2. The minimum absolute atomic E-state index is 0.111. The van der Waals surface area contributed by atoms with Crippen LogP contribution in [0, 0.1) is 0 Å². The molecule has 2 atom stereocenters. The highest BCUT2D eigenvalue weighted by molar-refractivity contribution is 8.26. The van der Waals surface area contributed by atoms with E-state index in [2.05, 4.69) is 5.32 Å². The highest BCUT2D eigenvalue weighted by Gasteiger charge is 2.34. The fourth-order valence-corrected chi connectivity index (χ4v) is 5.36. The summed E-state index contributed by atoms with van der Waals surface area (Å²) in [5.74, 6) is 0.759. The maximum atomic E-state index is 12.4. The average Bonchev–Trinajstić information content (AvgIpc) is 3.20. The van der Waals surface area contributed by atoms with Gasteiger partial charge in [-0.25, -0.2) is 0 Å². The minimum Gasteiger partial charge on any atom is -0.390 e. The summed E-state index contributed by atoms with van der Waals surface area (Å²) in [5.41, 5.74) is 0. The van der Waals surface area contributed by atoms with E-state index >= 15 is 0 Å². The van der Waals surface area contributed by atoms with Crippen molar-refractivity contribution in [2.75, 3.05) is 18.1 Å². The number of thioether (sulfide) groups is 2. The monoisotopic (exact) mass is 386 g/mol. The van der Waals surface area contributed by atoms with Crippen molar-refractivity contribution in [1.82, 2.24) is 10.2 Å². The van der Waals surface area contributed by atoms with Gasteiger partial charge in [-0.15, -0.1) is 11.3 Å². The lowest BCUT2D eigenvalue weighted by atomic mass is 10.2. The molecule has 2 aliphatic heterocycles. The molecule has 0 saturated carbocycles. The Morgan fingerprint density at radius 2 is 2.35 bits per heavy atom. The van der Waals surface area contributed by atoms with Crippen LogP contribution >= 0.6 is 47.1 Å². The van der Waals surface area contributed by atoms with Crippen LogP contribution in [0.2, 0.25) is 0 Å². The number of nitrogens with zero attached hydrogens (tertiary/aromatic N) is 1. The summed E-state index contributed by atoms with van der Waals surface area (Å²) in [6.07, 6.45) is 1.26. The highest BCUT2D eigenvalue weighted by atomic mass is 32.2. The Morgan fingerprint density at radius 1 is 1.52 bits per heavy atom. The van der Waals surface area contributed by atoms with E-state index < -0.39 is 6.10 Å². The molecule has 5 nitrogen and oxygen atoms in total. The van der Waals surface area contributed by atoms with Crippen molar-refractivity contribution in [2.24, 2.45) is 0 Å². The van der Waals surface area contributed by atoms with E-state index in [0.717, 1.165) is 4.88 Å². The molecule has 2 saturated heterocycles. The predicted octanol–water partition coefficient (Wildman–Crippen LogP) is 1.54. The maximum absolute atomic E-state index is 12.4. The lowest BCUT2D eigenvalue weighted by Crippen LogP contribution is -2.47. The van der Waals surface area contributed by atoms with E-state index in [-0.39, 0.29) is 24.4 Å². The van der Waals surface area contributed by atoms with Gasteiger partial charge in [0.1, 0.15) is 10.9 Å². The zero-order chi connectivity index (χ0) is 16.4. The smallest absolute Gasteiger partial charge is 0.266 e. The molecule has 3 rings (SSSR count). The Bertz CT molecular complexity index is 659. The molecule has 2 amide bonds. The van der Waals surface area contributed by atoms with Gasteiger partial charge >= 0.3 is 0 Å². The van der Waals surface area contributed by atoms with Crippen LogP contribution in [0.5, 0.6) is 0 Å². The molecule has 0 radical (unpaired) electrons. The van der Waals surface area contributed by atoms with Crippen LogP contribution in [0.15, 0.2) is 22.4 Å². The Balaban J connectivity index is 1.62. The van der Waals surface area contributed by atoms with Crippen LogP contribution in [0.3, 0.4) is 0 Å². The van der Waals surface area contributed by atoms with Crippen LogP contribution in [0.25, 0.3) is 6.08 Å². The average molecular weight is 387 g/mol. The number of aliphatic hydroxyl groups excluding tert-OH is 1. The maximum Gasteiger partial charge on any atom is 0.266 e. The van der Waals surface area contributed by atoms with E-state index in [9.17, 15) is 14.7 Å². The molecule has 0 spiro atoms. The third-order valence-electron chi connectivity index (χ3n) is 3.39.